The van der Waals surface area contributed by atoms with Crippen molar-refractivity contribution in [1.82, 2.24) is 0 Å². The molecule has 116 valence electrons. The van der Waals surface area contributed by atoms with Crippen LogP contribution in [-0.2, 0) is 6.42 Å². The first-order valence-corrected chi connectivity index (χ1v) is 6.87. The number of aromatic hydroxyl groups is 4. The first-order chi connectivity index (χ1) is 10.5. The Labute approximate surface area is 126 Å². The quantitative estimate of drug-likeness (QED) is 0.515. The second kappa shape index (κ2) is 5.31. The molecule has 1 aliphatic rings. The molecule has 0 saturated carbocycles. The van der Waals surface area contributed by atoms with E-state index in [1.54, 1.807) is 0 Å². The number of aliphatic hydroxyl groups excluding tert-OH is 1. The van der Waals surface area contributed by atoms with Crippen molar-refractivity contribution in [3.63, 3.8) is 0 Å². The van der Waals surface area contributed by atoms with Gasteiger partial charge in [0.05, 0.1) is 6.10 Å². The second-order valence-electron chi connectivity index (χ2n) is 5.33. The summed E-state index contributed by atoms with van der Waals surface area (Å²) in [6.07, 6.45) is -0.910. The summed E-state index contributed by atoms with van der Waals surface area (Å²) in [7, 11) is 0. The van der Waals surface area contributed by atoms with Gasteiger partial charge in [0.25, 0.3) is 0 Å². The lowest BCUT2D eigenvalue weighted by atomic mass is 9.99. The molecule has 0 spiro atoms. The Morgan fingerprint density at radius 1 is 0.909 bits per heavy atom. The predicted molar refractivity (Wildman–Crippen MR) is 77.2 cm³/mol. The van der Waals surface area contributed by atoms with Crippen molar-refractivity contribution in [2.75, 3.05) is 0 Å². The molecule has 6 heteroatoms. The van der Waals surface area contributed by atoms with Crippen molar-refractivity contribution < 1.29 is 30.3 Å². The van der Waals surface area contributed by atoms with Crippen molar-refractivity contribution in [3.05, 3.63) is 41.5 Å². The molecule has 0 aromatic heterocycles. The Hall–Kier alpha value is -2.60. The Morgan fingerprint density at radius 3 is 2.41 bits per heavy atom. The number of aliphatic hydroxyl groups is 1. The molecular formula is C16H16O6. The highest BCUT2D eigenvalue weighted by Gasteiger charge is 2.29. The van der Waals surface area contributed by atoms with Crippen LogP contribution >= 0.6 is 0 Å². The fourth-order valence-corrected chi connectivity index (χ4v) is 2.64. The van der Waals surface area contributed by atoms with Crippen LogP contribution in [0.25, 0.3) is 0 Å². The lowest BCUT2D eigenvalue weighted by molar-refractivity contribution is 0.0367. The summed E-state index contributed by atoms with van der Waals surface area (Å²) >= 11 is 0. The highest BCUT2D eigenvalue weighted by molar-refractivity contribution is 5.51. The van der Waals surface area contributed by atoms with E-state index in [4.69, 9.17) is 4.74 Å². The second-order valence-corrected chi connectivity index (χ2v) is 5.33. The summed E-state index contributed by atoms with van der Waals surface area (Å²) in [5, 5.41) is 48.7. The maximum Gasteiger partial charge on any atom is 0.157 e. The number of phenolic OH excluding ortho intramolecular Hbond substituents is 4. The number of benzene rings is 2. The number of fused-ring (bicyclic) bond motifs is 1. The zero-order valence-electron chi connectivity index (χ0n) is 11.6. The minimum atomic E-state index is -0.863. The van der Waals surface area contributed by atoms with Crippen molar-refractivity contribution in [2.24, 2.45) is 0 Å². The lowest BCUT2D eigenvalue weighted by Crippen LogP contribution is -2.22. The Kier molecular flexibility index (Phi) is 3.46. The maximum atomic E-state index is 10.3. The van der Waals surface area contributed by atoms with E-state index >= 15 is 0 Å². The van der Waals surface area contributed by atoms with Crippen LogP contribution in [0.3, 0.4) is 0 Å². The zero-order chi connectivity index (χ0) is 15.9. The predicted octanol–water partition coefficient (Wildman–Crippen LogP) is 1.94. The van der Waals surface area contributed by atoms with E-state index in [0.717, 1.165) is 0 Å². The Bertz CT molecular complexity index is 712. The normalized spacial score (nSPS) is 20.8. The first-order valence-electron chi connectivity index (χ1n) is 6.87. The summed E-state index contributed by atoms with van der Waals surface area (Å²) in [5.41, 5.74) is 1.00. The molecule has 0 saturated heterocycles. The molecule has 2 unspecified atom stereocenters. The fraction of sp³-hybridized carbons (Fsp3) is 0.250. The minimum Gasteiger partial charge on any atom is -0.508 e. The van der Waals surface area contributed by atoms with Gasteiger partial charge in [-0.15, -0.1) is 0 Å². The van der Waals surface area contributed by atoms with Crippen LogP contribution < -0.4 is 4.74 Å². The molecule has 6 nitrogen and oxygen atoms in total. The van der Waals surface area contributed by atoms with Crippen LogP contribution in [0, 0.1) is 0 Å². The fourth-order valence-electron chi connectivity index (χ4n) is 2.64. The maximum absolute atomic E-state index is 10.3. The minimum absolute atomic E-state index is 0.0867. The standard InChI is InChI=1S/C16H16O6/c17-9-6-13(20)10-2-4-12(19)16(22-15(10)7-9)8-1-3-11(18)14(21)5-8/h1,3,5-7,12,16-21H,2,4H2. The van der Waals surface area contributed by atoms with Gasteiger partial charge in [-0.05, 0) is 30.5 Å². The average Bonchev–Trinajstić information content (AvgIpc) is 2.62. The van der Waals surface area contributed by atoms with Crippen LogP contribution in [0.4, 0.5) is 0 Å². The van der Waals surface area contributed by atoms with Crippen LogP contribution in [0.5, 0.6) is 28.7 Å². The van der Waals surface area contributed by atoms with E-state index in [-0.39, 0.29) is 28.7 Å². The molecule has 0 fully saturated rings. The van der Waals surface area contributed by atoms with E-state index < -0.39 is 12.2 Å². The van der Waals surface area contributed by atoms with Gasteiger partial charge in [0.2, 0.25) is 0 Å². The Morgan fingerprint density at radius 2 is 1.68 bits per heavy atom. The molecule has 0 aliphatic carbocycles. The molecule has 0 amide bonds. The van der Waals surface area contributed by atoms with Crippen molar-refractivity contribution in [1.29, 1.82) is 0 Å². The van der Waals surface area contributed by atoms with E-state index in [1.807, 2.05) is 0 Å². The summed E-state index contributed by atoms with van der Waals surface area (Å²) in [6.45, 7) is 0. The largest absolute Gasteiger partial charge is 0.508 e. The van der Waals surface area contributed by atoms with Gasteiger partial charge < -0.3 is 30.3 Å². The molecule has 2 aromatic rings. The third kappa shape index (κ3) is 2.48. The monoisotopic (exact) mass is 304 g/mol. The summed E-state index contributed by atoms with van der Waals surface area (Å²) in [5.74, 6) is -0.512. The molecule has 0 radical (unpaired) electrons. The highest BCUT2D eigenvalue weighted by Crippen LogP contribution is 2.41. The van der Waals surface area contributed by atoms with Gasteiger partial charge in [-0.25, -0.2) is 0 Å². The summed E-state index contributed by atoms with van der Waals surface area (Å²) in [6, 6.07) is 6.77. The SMILES string of the molecule is Oc1cc(O)c2c(c1)OC(c1ccc(O)c(O)c1)C(O)CC2. The van der Waals surface area contributed by atoms with Crippen molar-refractivity contribution in [3.8, 4) is 28.7 Å². The van der Waals surface area contributed by atoms with Crippen molar-refractivity contribution >= 4 is 0 Å². The van der Waals surface area contributed by atoms with Crippen LogP contribution in [-0.4, -0.2) is 31.6 Å². The van der Waals surface area contributed by atoms with Crippen LogP contribution in [0.1, 0.15) is 23.7 Å². The first kappa shape index (κ1) is 14.3. The molecule has 3 rings (SSSR count). The van der Waals surface area contributed by atoms with E-state index in [2.05, 4.69) is 0 Å². The summed E-state index contributed by atoms with van der Waals surface area (Å²) in [4.78, 5) is 0. The molecule has 5 N–H and O–H groups in total. The molecular weight excluding hydrogens is 288 g/mol. The van der Waals surface area contributed by atoms with Gasteiger partial charge in [-0.1, -0.05) is 6.07 Å². The number of hydrogen-bond acceptors (Lipinski definition) is 6. The van der Waals surface area contributed by atoms with Gasteiger partial charge in [0.1, 0.15) is 23.4 Å². The Balaban J connectivity index is 2.02. The molecule has 1 heterocycles. The lowest BCUT2D eigenvalue weighted by Gasteiger charge is -2.22. The molecule has 22 heavy (non-hydrogen) atoms. The van der Waals surface area contributed by atoms with Gasteiger partial charge >= 0.3 is 0 Å². The zero-order valence-corrected chi connectivity index (χ0v) is 11.6. The van der Waals surface area contributed by atoms with Crippen LogP contribution in [0.2, 0.25) is 0 Å². The topological polar surface area (TPSA) is 110 Å². The van der Waals surface area contributed by atoms with Gasteiger partial charge in [-0.2, -0.15) is 0 Å². The van der Waals surface area contributed by atoms with E-state index in [0.29, 0.717) is 24.0 Å². The third-order valence-corrected chi connectivity index (χ3v) is 3.79. The van der Waals surface area contributed by atoms with Gasteiger partial charge in [0.15, 0.2) is 11.5 Å². The number of rotatable bonds is 1. The average molecular weight is 304 g/mol. The molecule has 2 aromatic carbocycles. The van der Waals surface area contributed by atoms with Gasteiger partial charge in [-0.3, -0.25) is 0 Å². The highest BCUT2D eigenvalue weighted by atomic mass is 16.5. The number of ether oxygens (including phenoxy) is 1. The number of phenols is 4. The third-order valence-electron chi connectivity index (χ3n) is 3.79. The number of hydrogen-bond donors (Lipinski definition) is 5. The van der Waals surface area contributed by atoms with E-state index in [1.165, 1.54) is 30.3 Å². The smallest absolute Gasteiger partial charge is 0.157 e. The van der Waals surface area contributed by atoms with Crippen molar-refractivity contribution in [2.45, 2.75) is 25.0 Å². The van der Waals surface area contributed by atoms with Crippen LogP contribution in [0.15, 0.2) is 30.3 Å². The summed E-state index contributed by atoms with van der Waals surface area (Å²) < 4.78 is 5.75. The van der Waals surface area contributed by atoms with E-state index in [9.17, 15) is 25.5 Å². The van der Waals surface area contributed by atoms with Gasteiger partial charge in [0, 0.05) is 17.7 Å². The molecule has 0 bridgehead atoms. The molecule has 2 atom stereocenters. The molecule has 1 aliphatic heterocycles.